The maximum atomic E-state index is 12.7. The van der Waals surface area contributed by atoms with Gasteiger partial charge >= 0.3 is 16.2 Å². The third kappa shape index (κ3) is 2.16. The van der Waals surface area contributed by atoms with Crippen LogP contribution < -0.4 is 5.73 Å². The maximum Gasteiger partial charge on any atom is 0.337 e. The minimum Gasteiger partial charge on any atom is -0.478 e. The molecule has 0 saturated carbocycles. The second-order valence-electron chi connectivity index (χ2n) is 2.79. The summed E-state index contributed by atoms with van der Waals surface area (Å²) in [7, 11) is -5.22. The molecule has 1 aromatic rings. The summed E-state index contributed by atoms with van der Waals surface area (Å²) in [5.74, 6) is -2.89. The molecule has 16 heavy (non-hydrogen) atoms. The normalized spacial score (nSPS) is 11.1. The van der Waals surface area contributed by atoms with Gasteiger partial charge in [-0.15, -0.1) is 3.89 Å². The van der Waals surface area contributed by atoms with Crippen molar-refractivity contribution in [2.45, 2.75) is 4.90 Å². The molecule has 8 heteroatoms. The molecule has 0 spiro atoms. The van der Waals surface area contributed by atoms with Crippen molar-refractivity contribution in [3.63, 3.8) is 0 Å². The quantitative estimate of drug-likeness (QED) is 0.737. The molecule has 0 aliphatic heterocycles. The molecule has 1 aromatic carbocycles. The summed E-state index contributed by atoms with van der Waals surface area (Å²) in [5, 5.41) is 8.72. The van der Waals surface area contributed by atoms with E-state index in [0.717, 1.165) is 18.2 Å². The lowest BCUT2D eigenvalue weighted by Crippen LogP contribution is -2.18. The van der Waals surface area contributed by atoms with Crippen molar-refractivity contribution in [1.29, 1.82) is 0 Å². The molecule has 0 atom stereocenters. The van der Waals surface area contributed by atoms with Crippen LogP contribution in [0.3, 0.4) is 0 Å². The number of hydrogen-bond acceptors (Lipinski definition) is 4. The molecule has 3 N–H and O–H groups in total. The summed E-state index contributed by atoms with van der Waals surface area (Å²) < 4.78 is 34.0. The number of nitrogens with two attached hydrogens (primary N) is 1. The van der Waals surface area contributed by atoms with Crippen LogP contribution in [-0.2, 0) is 10.2 Å². The number of rotatable bonds is 3. The zero-order valence-corrected chi connectivity index (χ0v) is 8.49. The van der Waals surface area contributed by atoms with Crippen LogP contribution in [0.2, 0.25) is 0 Å². The van der Waals surface area contributed by atoms with Crippen LogP contribution in [0.4, 0.5) is 3.89 Å². The standard InChI is InChI=1S/C8H6FNO5S/c9-16(14,15)5-3-1-2-4(7(10)11)6(5)8(12)13/h1-3H,(H2,10,11)(H,12,13). The van der Waals surface area contributed by atoms with Crippen LogP contribution in [0, 0.1) is 0 Å². The Labute approximate surface area is 89.7 Å². The Morgan fingerprint density at radius 2 is 1.88 bits per heavy atom. The Balaban J connectivity index is 3.72. The van der Waals surface area contributed by atoms with E-state index >= 15 is 0 Å². The fourth-order valence-electron chi connectivity index (χ4n) is 1.16. The summed E-state index contributed by atoms with van der Waals surface area (Å²) in [4.78, 5) is 20.5. The van der Waals surface area contributed by atoms with E-state index in [9.17, 15) is 21.9 Å². The summed E-state index contributed by atoms with van der Waals surface area (Å²) in [5.41, 5.74) is 3.32. The number of primary amides is 1. The van der Waals surface area contributed by atoms with Gasteiger partial charge in [-0.3, -0.25) is 4.79 Å². The number of benzene rings is 1. The van der Waals surface area contributed by atoms with Crippen LogP contribution >= 0.6 is 0 Å². The van der Waals surface area contributed by atoms with E-state index in [0.29, 0.717) is 0 Å². The Bertz CT molecular complexity index is 566. The fraction of sp³-hybridized carbons (Fsp3) is 0. The molecule has 0 aliphatic rings. The van der Waals surface area contributed by atoms with Crippen LogP contribution in [0.15, 0.2) is 23.1 Å². The number of carboxylic acids is 1. The molecule has 0 aromatic heterocycles. The monoisotopic (exact) mass is 247 g/mol. The number of halogens is 1. The third-order valence-corrected chi connectivity index (χ3v) is 2.63. The first-order chi connectivity index (χ1) is 7.25. The molecule has 0 radical (unpaired) electrons. The molecule has 86 valence electrons. The first kappa shape index (κ1) is 12.1. The molecule has 0 bridgehead atoms. The largest absolute Gasteiger partial charge is 0.478 e. The van der Waals surface area contributed by atoms with Gasteiger partial charge in [-0.2, -0.15) is 8.42 Å². The smallest absolute Gasteiger partial charge is 0.337 e. The second-order valence-corrected chi connectivity index (χ2v) is 4.10. The fourth-order valence-corrected chi connectivity index (χ4v) is 1.84. The van der Waals surface area contributed by atoms with Gasteiger partial charge in [-0.25, -0.2) is 4.79 Å². The highest BCUT2D eigenvalue weighted by Gasteiger charge is 2.26. The van der Waals surface area contributed by atoms with Crippen molar-refractivity contribution in [2.24, 2.45) is 5.73 Å². The van der Waals surface area contributed by atoms with E-state index in [2.05, 4.69) is 0 Å². The van der Waals surface area contributed by atoms with Gasteiger partial charge in [0.25, 0.3) is 0 Å². The molecule has 0 saturated heterocycles. The van der Waals surface area contributed by atoms with Crippen LogP contribution in [0.25, 0.3) is 0 Å². The summed E-state index contributed by atoms with van der Waals surface area (Å²) in [6.45, 7) is 0. The van der Waals surface area contributed by atoms with Gasteiger partial charge in [0.2, 0.25) is 5.91 Å². The van der Waals surface area contributed by atoms with Gasteiger partial charge in [-0.05, 0) is 12.1 Å². The third-order valence-electron chi connectivity index (χ3n) is 1.77. The van der Waals surface area contributed by atoms with E-state index in [-0.39, 0.29) is 0 Å². The zero-order valence-electron chi connectivity index (χ0n) is 7.68. The summed E-state index contributed by atoms with van der Waals surface area (Å²) in [6, 6.07) is 2.77. The van der Waals surface area contributed by atoms with E-state index in [1.54, 1.807) is 0 Å². The van der Waals surface area contributed by atoms with E-state index < -0.39 is 38.1 Å². The first-order valence-electron chi connectivity index (χ1n) is 3.86. The number of hydrogen-bond donors (Lipinski definition) is 2. The van der Waals surface area contributed by atoms with Gasteiger partial charge in [0.15, 0.2) is 0 Å². The summed E-state index contributed by atoms with van der Waals surface area (Å²) in [6.07, 6.45) is 0. The van der Waals surface area contributed by atoms with Crippen molar-refractivity contribution >= 4 is 22.1 Å². The van der Waals surface area contributed by atoms with E-state index in [4.69, 9.17) is 10.8 Å². The lowest BCUT2D eigenvalue weighted by atomic mass is 10.1. The van der Waals surface area contributed by atoms with Crippen molar-refractivity contribution in [2.75, 3.05) is 0 Å². The molecule has 1 amide bonds. The van der Waals surface area contributed by atoms with Gasteiger partial charge in [0.05, 0.1) is 11.1 Å². The van der Waals surface area contributed by atoms with E-state index in [1.807, 2.05) is 0 Å². The topological polar surface area (TPSA) is 115 Å². The van der Waals surface area contributed by atoms with Crippen LogP contribution in [0.1, 0.15) is 20.7 Å². The Kier molecular flexibility index (Phi) is 2.95. The van der Waals surface area contributed by atoms with Crippen molar-refractivity contribution in [3.8, 4) is 0 Å². The highest BCUT2D eigenvalue weighted by atomic mass is 32.3. The van der Waals surface area contributed by atoms with Gasteiger partial charge in [-0.1, -0.05) is 6.07 Å². The lowest BCUT2D eigenvalue weighted by molar-refractivity contribution is 0.0687. The average Bonchev–Trinajstić information content (AvgIpc) is 2.14. The molecule has 6 nitrogen and oxygen atoms in total. The van der Waals surface area contributed by atoms with Crippen LogP contribution in [-0.4, -0.2) is 25.4 Å². The minimum atomic E-state index is -5.22. The number of carbonyl (C=O) groups excluding carboxylic acids is 1. The lowest BCUT2D eigenvalue weighted by Gasteiger charge is -2.05. The van der Waals surface area contributed by atoms with Crippen LogP contribution in [0.5, 0.6) is 0 Å². The molecule has 0 fully saturated rings. The molecular weight excluding hydrogens is 241 g/mol. The summed E-state index contributed by atoms with van der Waals surface area (Å²) >= 11 is 0. The van der Waals surface area contributed by atoms with E-state index in [1.165, 1.54) is 0 Å². The molecular formula is C8H6FNO5S. The number of carbonyl (C=O) groups is 2. The Morgan fingerprint density at radius 1 is 1.31 bits per heavy atom. The highest BCUT2D eigenvalue weighted by Crippen LogP contribution is 2.21. The van der Waals surface area contributed by atoms with Crippen molar-refractivity contribution in [3.05, 3.63) is 29.3 Å². The van der Waals surface area contributed by atoms with Crippen molar-refractivity contribution in [1.82, 2.24) is 0 Å². The predicted octanol–water partition coefficient (Wildman–Crippen LogP) is 0.142. The number of aromatic carboxylic acids is 1. The Morgan fingerprint density at radius 3 is 2.25 bits per heavy atom. The number of amides is 1. The predicted molar refractivity (Wildman–Crippen MR) is 50.2 cm³/mol. The maximum absolute atomic E-state index is 12.7. The molecule has 0 unspecified atom stereocenters. The second kappa shape index (κ2) is 3.89. The Hall–Kier alpha value is -1.96. The minimum absolute atomic E-state index is 0.564. The van der Waals surface area contributed by atoms with Gasteiger partial charge in [0.1, 0.15) is 4.90 Å². The average molecular weight is 247 g/mol. The molecule has 0 aliphatic carbocycles. The highest BCUT2D eigenvalue weighted by molar-refractivity contribution is 7.86. The van der Waals surface area contributed by atoms with Crippen molar-refractivity contribution < 1.29 is 27.0 Å². The molecule has 0 heterocycles. The zero-order chi connectivity index (χ0) is 12.5. The first-order valence-corrected chi connectivity index (χ1v) is 5.24. The molecule has 1 rings (SSSR count). The van der Waals surface area contributed by atoms with Gasteiger partial charge in [0, 0.05) is 0 Å². The number of carboxylic acid groups (broad SMARTS) is 1. The SMILES string of the molecule is NC(=O)c1cccc(S(=O)(=O)F)c1C(=O)O. The van der Waals surface area contributed by atoms with Gasteiger partial charge < -0.3 is 10.8 Å².